The highest BCUT2D eigenvalue weighted by molar-refractivity contribution is 7.26. The molecule has 0 amide bonds. The van der Waals surface area contributed by atoms with Gasteiger partial charge in [-0.2, -0.15) is 0 Å². The van der Waals surface area contributed by atoms with Crippen molar-refractivity contribution in [2.45, 2.75) is 12.3 Å². The van der Waals surface area contributed by atoms with Gasteiger partial charge in [0.15, 0.2) is 0 Å². The first-order valence-electron chi connectivity index (χ1n) is 17.0. The van der Waals surface area contributed by atoms with Gasteiger partial charge in [0.05, 0.1) is 11.4 Å². The van der Waals surface area contributed by atoms with Crippen LogP contribution in [-0.2, 0) is 0 Å². The van der Waals surface area contributed by atoms with Crippen molar-refractivity contribution in [3.63, 3.8) is 0 Å². The summed E-state index contributed by atoms with van der Waals surface area (Å²) in [6.45, 7) is 0. The molecule has 0 radical (unpaired) electrons. The van der Waals surface area contributed by atoms with Crippen molar-refractivity contribution in [1.29, 1.82) is 0 Å². The van der Waals surface area contributed by atoms with Crippen LogP contribution in [0.5, 0.6) is 0 Å². The minimum absolute atomic E-state index is 0.389. The Balaban J connectivity index is 0.918. The summed E-state index contributed by atoms with van der Waals surface area (Å²) < 4.78 is 4.03. The summed E-state index contributed by atoms with van der Waals surface area (Å²) in [4.78, 5) is 11.0. The lowest BCUT2D eigenvalue weighted by Crippen LogP contribution is -2.02. The minimum atomic E-state index is 0.389. The molecule has 1 unspecified atom stereocenters. The Morgan fingerprint density at radius 1 is 0.500 bits per heavy atom. The summed E-state index contributed by atoms with van der Waals surface area (Å²) in [5.74, 6) is 0.389. The van der Waals surface area contributed by atoms with Gasteiger partial charge in [0.25, 0.3) is 0 Å². The minimum Gasteiger partial charge on any atom is -0.255 e. The van der Waals surface area contributed by atoms with Crippen molar-refractivity contribution in [2.24, 2.45) is 0 Å². The molecule has 1 atom stereocenters. The largest absolute Gasteiger partial charge is 0.255 e. The molecular formula is C46H30N2S2. The van der Waals surface area contributed by atoms with Gasteiger partial charge in [-0.3, -0.25) is 9.97 Å². The predicted octanol–water partition coefficient (Wildman–Crippen LogP) is 13.3. The number of nitrogens with zero attached hydrogens (tertiary/aromatic N) is 2. The zero-order valence-electron chi connectivity index (χ0n) is 27.1. The first-order valence-corrected chi connectivity index (χ1v) is 18.6. The van der Waals surface area contributed by atoms with Gasteiger partial charge in [-0.05, 0) is 92.7 Å². The number of rotatable bonds is 5. The fourth-order valence-electron chi connectivity index (χ4n) is 7.46. The van der Waals surface area contributed by atoms with E-state index in [9.17, 15) is 0 Å². The Bertz CT molecular complexity index is 2730. The number of hydrogen-bond acceptors (Lipinski definition) is 4. The van der Waals surface area contributed by atoms with Gasteiger partial charge in [0.2, 0.25) is 0 Å². The Labute approximate surface area is 298 Å². The maximum Gasteiger partial charge on any atom is 0.0892 e. The fraction of sp³-hybridized carbons (Fsp3) is 0.0435. The van der Waals surface area contributed by atoms with Crippen LogP contribution >= 0.6 is 22.7 Å². The molecule has 10 rings (SSSR count). The Kier molecular flexibility index (Phi) is 7.04. The maximum atomic E-state index is 4.74. The lowest BCUT2D eigenvalue weighted by atomic mass is 9.87. The summed E-state index contributed by atoms with van der Waals surface area (Å²) >= 11 is 3.81. The molecule has 236 valence electrons. The van der Waals surface area contributed by atoms with Crippen LogP contribution in [0.1, 0.15) is 28.3 Å². The Hall–Kier alpha value is -5.68. The first-order chi connectivity index (χ1) is 24.8. The average Bonchev–Trinajstić information content (AvgIpc) is 3.77. The quantitative estimate of drug-likeness (QED) is 0.182. The van der Waals surface area contributed by atoms with Crippen LogP contribution in [0, 0.1) is 0 Å². The summed E-state index contributed by atoms with van der Waals surface area (Å²) in [7, 11) is 0. The normalized spacial score (nSPS) is 14.0. The molecule has 4 heteroatoms. The molecule has 0 N–H and O–H groups in total. The lowest BCUT2D eigenvalue weighted by Gasteiger charge is -2.19. The molecule has 4 heterocycles. The van der Waals surface area contributed by atoms with Crippen LogP contribution in [-0.4, -0.2) is 9.97 Å². The van der Waals surface area contributed by atoms with Crippen molar-refractivity contribution < 1.29 is 0 Å². The molecule has 2 nitrogen and oxygen atoms in total. The number of fused-ring (bicyclic) bond motifs is 6. The van der Waals surface area contributed by atoms with Crippen molar-refractivity contribution >= 4 is 59.0 Å². The van der Waals surface area contributed by atoms with E-state index in [0.29, 0.717) is 5.92 Å². The second-order valence-corrected chi connectivity index (χ2v) is 15.0. The predicted molar refractivity (Wildman–Crippen MR) is 214 cm³/mol. The first kappa shape index (κ1) is 29.3. The summed E-state index contributed by atoms with van der Waals surface area (Å²) in [6, 6.07) is 50.6. The number of pyridine rings is 2. The average molecular weight is 675 g/mol. The number of hydrogen-bond donors (Lipinski definition) is 0. The molecular weight excluding hydrogens is 645 g/mol. The topological polar surface area (TPSA) is 25.8 Å². The molecule has 4 aromatic heterocycles. The van der Waals surface area contributed by atoms with E-state index in [1.165, 1.54) is 63.0 Å². The molecule has 0 saturated carbocycles. The second kappa shape index (κ2) is 12.0. The number of thiophene rings is 2. The van der Waals surface area contributed by atoms with Gasteiger partial charge in [0, 0.05) is 48.1 Å². The third-order valence-corrected chi connectivity index (χ3v) is 12.5. The van der Waals surface area contributed by atoms with Gasteiger partial charge in [0.1, 0.15) is 0 Å². The van der Waals surface area contributed by atoms with Gasteiger partial charge >= 0.3 is 0 Å². The zero-order valence-corrected chi connectivity index (χ0v) is 28.7. The van der Waals surface area contributed by atoms with Crippen LogP contribution < -0.4 is 0 Å². The van der Waals surface area contributed by atoms with E-state index in [-0.39, 0.29) is 0 Å². The fourth-order valence-corrected chi connectivity index (χ4v) is 10.0. The third kappa shape index (κ3) is 4.99. The summed E-state index contributed by atoms with van der Waals surface area (Å²) in [6.07, 6.45) is 9.46. The van der Waals surface area contributed by atoms with Crippen molar-refractivity contribution in [2.75, 3.05) is 0 Å². The molecule has 0 aliphatic heterocycles. The number of allylic oxidation sites excluding steroid dienone is 1. The van der Waals surface area contributed by atoms with Gasteiger partial charge in [-0.1, -0.05) is 115 Å². The van der Waals surface area contributed by atoms with E-state index < -0.39 is 0 Å². The van der Waals surface area contributed by atoms with E-state index in [2.05, 4.69) is 152 Å². The number of aromatic nitrogens is 2. The molecule has 5 aromatic carbocycles. The standard InChI is InChI=1S/C46H30N2S2/c1-3-13-43-37(7-1)39-11-5-9-35(45(39)49-43)31-19-15-29(16-20-31)33-23-25-47-41(27-33)42-28-34(24-26-48-42)30-17-21-32(22-18-30)36-10-6-12-40-38-8-2-4-14-44(38)50-46(36)40/h1-9,11-28,36H,10H2. The molecule has 9 aromatic rings. The van der Waals surface area contributed by atoms with E-state index in [1.54, 1.807) is 0 Å². The molecule has 0 spiro atoms. The second-order valence-electron chi connectivity index (χ2n) is 12.9. The van der Waals surface area contributed by atoms with E-state index in [4.69, 9.17) is 9.97 Å². The lowest BCUT2D eigenvalue weighted by molar-refractivity contribution is 0.840. The van der Waals surface area contributed by atoms with Crippen molar-refractivity contribution in [1.82, 2.24) is 9.97 Å². The van der Waals surface area contributed by atoms with Gasteiger partial charge in [-0.15, -0.1) is 22.7 Å². The summed E-state index contributed by atoms with van der Waals surface area (Å²) in [5.41, 5.74) is 11.6. The van der Waals surface area contributed by atoms with Crippen LogP contribution in [0.3, 0.4) is 0 Å². The van der Waals surface area contributed by atoms with Gasteiger partial charge in [-0.25, -0.2) is 0 Å². The van der Waals surface area contributed by atoms with Crippen LogP contribution in [0.15, 0.2) is 158 Å². The molecule has 0 saturated heterocycles. The van der Waals surface area contributed by atoms with Crippen molar-refractivity contribution in [3.8, 4) is 44.8 Å². The monoisotopic (exact) mass is 674 g/mol. The molecule has 0 bridgehead atoms. The van der Waals surface area contributed by atoms with Crippen molar-refractivity contribution in [3.05, 3.63) is 174 Å². The van der Waals surface area contributed by atoms with E-state index in [1.807, 2.05) is 35.1 Å². The maximum absolute atomic E-state index is 4.74. The third-order valence-electron chi connectivity index (χ3n) is 10.00. The molecule has 1 aliphatic carbocycles. The van der Waals surface area contributed by atoms with E-state index >= 15 is 0 Å². The summed E-state index contributed by atoms with van der Waals surface area (Å²) in [5, 5.41) is 4.02. The highest BCUT2D eigenvalue weighted by Gasteiger charge is 2.23. The molecule has 50 heavy (non-hydrogen) atoms. The molecule has 0 fully saturated rings. The Morgan fingerprint density at radius 3 is 1.82 bits per heavy atom. The highest BCUT2D eigenvalue weighted by atomic mass is 32.1. The highest BCUT2D eigenvalue weighted by Crippen LogP contribution is 2.45. The Morgan fingerprint density at radius 2 is 1.10 bits per heavy atom. The number of benzene rings is 5. The van der Waals surface area contributed by atoms with E-state index in [0.717, 1.165) is 34.5 Å². The SMILES string of the molecule is C1=Cc2c(sc3ccccc23)C(c2ccc(-c3ccnc(-c4cc(-c5ccc(-c6cccc7c6sc6ccccc67)cc5)ccn4)c3)cc2)C1. The van der Waals surface area contributed by atoms with Crippen LogP contribution in [0.2, 0.25) is 0 Å². The van der Waals surface area contributed by atoms with Crippen LogP contribution in [0.25, 0.3) is 81.1 Å². The zero-order chi connectivity index (χ0) is 33.0. The molecule has 1 aliphatic rings. The van der Waals surface area contributed by atoms with Crippen LogP contribution in [0.4, 0.5) is 0 Å². The van der Waals surface area contributed by atoms with Gasteiger partial charge < -0.3 is 0 Å². The smallest absolute Gasteiger partial charge is 0.0892 e.